The lowest BCUT2D eigenvalue weighted by Gasteiger charge is -2.00. The minimum absolute atomic E-state index is 0.173. The molecule has 0 saturated carbocycles. The van der Waals surface area contributed by atoms with Gasteiger partial charge in [0.25, 0.3) is 0 Å². The third kappa shape index (κ3) is 1.86. The average molecular weight is 227 g/mol. The van der Waals surface area contributed by atoms with Crippen LogP contribution in [0.4, 0.5) is 4.39 Å². The molecule has 0 radical (unpaired) electrons. The van der Waals surface area contributed by atoms with Gasteiger partial charge in [-0.05, 0) is 12.1 Å². The number of hydrogen-bond acceptors (Lipinski definition) is 3. The van der Waals surface area contributed by atoms with Crippen molar-refractivity contribution in [2.24, 2.45) is 5.73 Å². The van der Waals surface area contributed by atoms with Gasteiger partial charge < -0.3 is 10.2 Å². The molecule has 0 fully saturated rings. The number of rotatable bonds is 2. The number of halogens is 2. The highest BCUT2D eigenvalue weighted by atomic mass is 35.5. The molecule has 3 nitrogen and oxygen atoms in total. The zero-order valence-electron chi connectivity index (χ0n) is 7.71. The Morgan fingerprint density at radius 2 is 2.27 bits per heavy atom. The van der Waals surface area contributed by atoms with Gasteiger partial charge in [0, 0.05) is 0 Å². The molecular formula is C10H8ClFN2O. The summed E-state index contributed by atoms with van der Waals surface area (Å²) in [4.78, 5) is 3.88. The van der Waals surface area contributed by atoms with Crippen LogP contribution in [0.2, 0.25) is 5.02 Å². The molecule has 1 aromatic carbocycles. The molecule has 0 amide bonds. The number of aromatic nitrogens is 1. The van der Waals surface area contributed by atoms with E-state index in [-0.39, 0.29) is 17.1 Å². The quantitative estimate of drug-likeness (QED) is 0.856. The van der Waals surface area contributed by atoms with Crippen molar-refractivity contribution >= 4 is 11.6 Å². The summed E-state index contributed by atoms with van der Waals surface area (Å²) in [5, 5.41) is 0.287. The summed E-state index contributed by atoms with van der Waals surface area (Å²) in [7, 11) is 0. The minimum atomic E-state index is -0.442. The van der Waals surface area contributed by atoms with Gasteiger partial charge in [-0.1, -0.05) is 17.7 Å². The van der Waals surface area contributed by atoms with Gasteiger partial charge in [-0.15, -0.1) is 0 Å². The highest BCUT2D eigenvalue weighted by Gasteiger charge is 2.13. The van der Waals surface area contributed by atoms with E-state index in [9.17, 15) is 4.39 Å². The van der Waals surface area contributed by atoms with Gasteiger partial charge in [-0.25, -0.2) is 9.37 Å². The van der Waals surface area contributed by atoms with Gasteiger partial charge in [0.2, 0.25) is 5.89 Å². The summed E-state index contributed by atoms with van der Waals surface area (Å²) in [6, 6.07) is 4.43. The molecule has 1 heterocycles. The fourth-order valence-electron chi connectivity index (χ4n) is 1.25. The van der Waals surface area contributed by atoms with Crippen molar-refractivity contribution in [2.45, 2.75) is 6.54 Å². The zero-order valence-corrected chi connectivity index (χ0v) is 8.46. The lowest BCUT2D eigenvalue weighted by molar-refractivity contribution is 0.505. The molecule has 15 heavy (non-hydrogen) atoms. The van der Waals surface area contributed by atoms with E-state index in [1.807, 2.05) is 0 Å². The van der Waals surface area contributed by atoms with E-state index in [0.29, 0.717) is 11.7 Å². The van der Waals surface area contributed by atoms with Crippen molar-refractivity contribution in [3.05, 3.63) is 41.1 Å². The molecular weight excluding hydrogens is 219 g/mol. The number of nitrogens with two attached hydrogens (primary N) is 1. The van der Waals surface area contributed by atoms with Crippen LogP contribution >= 0.6 is 11.6 Å². The average Bonchev–Trinajstić information content (AvgIpc) is 2.66. The molecule has 0 aliphatic carbocycles. The first-order chi connectivity index (χ1) is 7.22. The molecule has 1 aromatic heterocycles. The summed E-state index contributed by atoms with van der Waals surface area (Å²) in [5.74, 6) is 0.199. The van der Waals surface area contributed by atoms with Crippen molar-refractivity contribution in [2.75, 3.05) is 0 Å². The molecule has 78 valence electrons. The first-order valence-corrected chi connectivity index (χ1v) is 4.69. The van der Waals surface area contributed by atoms with Crippen molar-refractivity contribution in [3.8, 4) is 11.3 Å². The Morgan fingerprint density at radius 3 is 2.87 bits per heavy atom. The third-order valence-electron chi connectivity index (χ3n) is 1.94. The predicted molar refractivity (Wildman–Crippen MR) is 54.8 cm³/mol. The van der Waals surface area contributed by atoms with E-state index in [0.717, 1.165) is 0 Å². The maximum Gasteiger partial charge on any atom is 0.208 e. The number of oxazole rings is 1. The molecule has 0 aliphatic heterocycles. The molecule has 0 atom stereocenters. The molecule has 0 unspecified atom stereocenters. The van der Waals surface area contributed by atoms with E-state index in [2.05, 4.69) is 4.98 Å². The Hall–Kier alpha value is -1.39. The second-order valence-electron chi connectivity index (χ2n) is 2.92. The van der Waals surface area contributed by atoms with Gasteiger partial charge >= 0.3 is 0 Å². The monoisotopic (exact) mass is 226 g/mol. The molecule has 2 aromatic rings. The number of nitrogens with zero attached hydrogens (tertiary/aromatic N) is 1. The maximum atomic E-state index is 13.4. The summed E-state index contributed by atoms with van der Waals surface area (Å²) in [6.07, 6.45) is 1.41. The molecule has 2 N–H and O–H groups in total. The highest BCUT2D eigenvalue weighted by Crippen LogP contribution is 2.30. The zero-order chi connectivity index (χ0) is 10.8. The molecule has 5 heteroatoms. The van der Waals surface area contributed by atoms with Crippen molar-refractivity contribution < 1.29 is 8.81 Å². The summed E-state index contributed by atoms with van der Waals surface area (Å²) in [6.45, 7) is 0.173. The maximum absolute atomic E-state index is 13.4. The lowest BCUT2D eigenvalue weighted by atomic mass is 10.2. The molecule has 2 rings (SSSR count). The molecule has 0 saturated heterocycles. The predicted octanol–water partition coefficient (Wildman–Crippen LogP) is 2.59. The van der Waals surface area contributed by atoms with Crippen LogP contribution < -0.4 is 5.73 Å². The van der Waals surface area contributed by atoms with E-state index in [1.54, 1.807) is 6.07 Å². The van der Waals surface area contributed by atoms with Crippen LogP contribution in [-0.4, -0.2) is 4.98 Å². The van der Waals surface area contributed by atoms with Gasteiger partial charge in [0.15, 0.2) is 5.76 Å². The topological polar surface area (TPSA) is 52.0 Å². The standard InChI is InChI=1S/C10H8ClFN2O/c11-6-2-1-3-7(12)10(6)8-5-14-9(4-13)15-8/h1-3,5H,4,13H2. The van der Waals surface area contributed by atoms with Gasteiger partial charge in [0.1, 0.15) is 5.82 Å². The van der Waals surface area contributed by atoms with Gasteiger partial charge in [-0.3, -0.25) is 0 Å². The summed E-state index contributed by atoms with van der Waals surface area (Å²) < 4.78 is 18.7. The van der Waals surface area contributed by atoms with Crippen LogP contribution in [0.3, 0.4) is 0 Å². The van der Waals surface area contributed by atoms with Crippen LogP contribution in [0.1, 0.15) is 5.89 Å². The Balaban J connectivity index is 2.53. The van der Waals surface area contributed by atoms with Gasteiger partial charge in [0.05, 0.1) is 23.3 Å². The summed E-state index contributed by atoms with van der Waals surface area (Å²) in [5.41, 5.74) is 5.55. The molecule has 0 aliphatic rings. The second kappa shape index (κ2) is 4.00. The fraction of sp³-hybridized carbons (Fsp3) is 0.100. The lowest BCUT2D eigenvalue weighted by Crippen LogP contribution is -1.94. The van der Waals surface area contributed by atoms with Crippen LogP contribution in [0.25, 0.3) is 11.3 Å². The minimum Gasteiger partial charge on any atom is -0.439 e. The fourth-order valence-corrected chi connectivity index (χ4v) is 1.51. The van der Waals surface area contributed by atoms with E-state index in [1.165, 1.54) is 18.3 Å². The van der Waals surface area contributed by atoms with Crippen molar-refractivity contribution in [1.82, 2.24) is 4.98 Å². The van der Waals surface area contributed by atoms with E-state index >= 15 is 0 Å². The van der Waals surface area contributed by atoms with Crippen molar-refractivity contribution in [1.29, 1.82) is 0 Å². The SMILES string of the molecule is NCc1ncc(-c2c(F)cccc2Cl)o1. The van der Waals surface area contributed by atoms with Crippen molar-refractivity contribution in [3.63, 3.8) is 0 Å². The number of benzene rings is 1. The Bertz CT molecular complexity index is 464. The van der Waals surface area contributed by atoms with E-state index in [4.69, 9.17) is 21.8 Å². The van der Waals surface area contributed by atoms with Crippen LogP contribution in [0.15, 0.2) is 28.8 Å². The largest absolute Gasteiger partial charge is 0.439 e. The Labute approximate surface area is 90.7 Å². The van der Waals surface area contributed by atoms with Gasteiger partial charge in [-0.2, -0.15) is 0 Å². The summed E-state index contributed by atoms with van der Waals surface area (Å²) >= 11 is 5.86. The van der Waals surface area contributed by atoms with Crippen LogP contribution in [0, 0.1) is 5.82 Å². The normalized spacial score (nSPS) is 10.6. The molecule has 0 bridgehead atoms. The van der Waals surface area contributed by atoms with Crippen LogP contribution in [0.5, 0.6) is 0 Å². The first kappa shape index (κ1) is 10.1. The smallest absolute Gasteiger partial charge is 0.208 e. The van der Waals surface area contributed by atoms with E-state index < -0.39 is 5.82 Å². The second-order valence-corrected chi connectivity index (χ2v) is 3.33. The number of hydrogen-bond donors (Lipinski definition) is 1. The highest BCUT2D eigenvalue weighted by molar-refractivity contribution is 6.33. The third-order valence-corrected chi connectivity index (χ3v) is 2.25. The Kier molecular flexibility index (Phi) is 2.70. The van der Waals surface area contributed by atoms with Crippen LogP contribution in [-0.2, 0) is 6.54 Å². The molecule has 0 spiro atoms. The first-order valence-electron chi connectivity index (χ1n) is 4.31. The Morgan fingerprint density at radius 1 is 1.47 bits per heavy atom.